The van der Waals surface area contributed by atoms with Gasteiger partial charge in [-0.05, 0) is 35.1 Å². The Kier molecular flexibility index (Phi) is 4.87. The van der Waals surface area contributed by atoms with Gasteiger partial charge in [0.1, 0.15) is 5.75 Å². The number of ether oxygens (including phenoxy) is 1. The molecule has 118 valence electrons. The summed E-state index contributed by atoms with van der Waals surface area (Å²) in [5.41, 5.74) is 0.836. The molecule has 1 aromatic heterocycles. The number of sulfonamides is 1. The Morgan fingerprint density at radius 3 is 2.64 bits per heavy atom. The fraction of sp³-hybridized carbons (Fsp3) is 0.267. The highest BCUT2D eigenvalue weighted by molar-refractivity contribution is 7.90. The third kappa shape index (κ3) is 3.48. The number of nitrogens with one attached hydrogen (secondary N) is 1. The van der Waals surface area contributed by atoms with Gasteiger partial charge in [-0.15, -0.1) is 11.3 Å². The maximum Gasteiger partial charge on any atom is 0.275 e. The van der Waals surface area contributed by atoms with Crippen LogP contribution in [0.1, 0.15) is 35.0 Å². The summed E-state index contributed by atoms with van der Waals surface area (Å²) >= 11 is 1.23. The van der Waals surface area contributed by atoms with Gasteiger partial charge in [-0.2, -0.15) is 0 Å². The number of rotatable bonds is 5. The van der Waals surface area contributed by atoms with Crippen molar-refractivity contribution in [3.05, 3.63) is 46.2 Å². The van der Waals surface area contributed by atoms with E-state index in [9.17, 15) is 13.2 Å². The summed E-state index contributed by atoms with van der Waals surface area (Å²) in [5.74, 6) is -0.0534. The summed E-state index contributed by atoms with van der Waals surface area (Å²) in [5, 5.41) is 1.78. The molecule has 5 nitrogen and oxygen atoms in total. The van der Waals surface area contributed by atoms with Crippen LogP contribution < -0.4 is 9.46 Å². The lowest BCUT2D eigenvalue weighted by Gasteiger charge is -2.10. The van der Waals surface area contributed by atoms with Gasteiger partial charge in [0.2, 0.25) is 0 Å². The molecule has 22 heavy (non-hydrogen) atoms. The number of hydrogen-bond donors (Lipinski definition) is 1. The zero-order chi connectivity index (χ0) is 16.3. The summed E-state index contributed by atoms with van der Waals surface area (Å²) in [7, 11) is -2.48. The number of carbonyl (C=O) groups is 1. The Morgan fingerprint density at radius 2 is 2.00 bits per heavy atom. The fourth-order valence-electron chi connectivity index (χ4n) is 1.95. The van der Waals surface area contributed by atoms with Crippen molar-refractivity contribution in [1.29, 1.82) is 0 Å². The molecule has 0 aliphatic carbocycles. The second-order valence-corrected chi connectivity index (χ2v) is 7.57. The number of methoxy groups -OCH3 is 1. The van der Waals surface area contributed by atoms with Crippen LogP contribution in [0, 0.1) is 0 Å². The summed E-state index contributed by atoms with van der Waals surface area (Å²) in [6, 6.07) is 7.81. The van der Waals surface area contributed by atoms with Gasteiger partial charge in [0, 0.05) is 6.07 Å². The van der Waals surface area contributed by atoms with E-state index < -0.39 is 15.9 Å². The molecule has 1 N–H and O–H groups in total. The van der Waals surface area contributed by atoms with Crippen LogP contribution in [0.2, 0.25) is 0 Å². The number of hydrogen-bond acceptors (Lipinski definition) is 5. The minimum absolute atomic E-state index is 0.0112. The Morgan fingerprint density at radius 1 is 1.27 bits per heavy atom. The molecule has 0 aliphatic heterocycles. The predicted molar refractivity (Wildman–Crippen MR) is 86.1 cm³/mol. The molecular formula is C15H17NO4S2. The van der Waals surface area contributed by atoms with Crippen molar-refractivity contribution in [3.63, 3.8) is 0 Å². The monoisotopic (exact) mass is 339 g/mol. The van der Waals surface area contributed by atoms with E-state index in [-0.39, 0.29) is 10.8 Å². The Hall–Kier alpha value is -1.86. The van der Waals surface area contributed by atoms with E-state index >= 15 is 0 Å². The minimum Gasteiger partial charge on any atom is -0.497 e. The normalized spacial score (nSPS) is 11.5. The first-order valence-corrected chi connectivity index (χ1v) is 9.00. The molecule has 7 heteroatoms. The van der Waals surface area contributed by atoms with Crippen LogP contribution in [-0.2, 0) is 10.0 Å². The number of thiophene rings is 1. The Bertz CT molecular complexity index is 778. The summed E-state index contributed by atoms with van der Waals surface area (Å²) < 4.78 is 31.7. The third-order valence-corrected chi connectivity index (χ3v) is 5.36. The van der Waals surface area contributed by atoms with Crippen LogP contribution >= 0.6 is 11.3 Å². The Labute approximate surface area is 134 Å². The van der Waals surface area contributed by atoms with Gasteiger partial charge in [-0.1, -0.05) is 19.9 Å². The van der Waals surface area contributed by atoms with Crippen molar-refractivity contribution in [2.75, 3.05) is 7.11 Å². The molecule has 1 amide bonds. The molecule has 0 saturated carbocycles. The zero-order valence-electron chi connectivity index (χ0n) is 12.5. The van der Waals surface area contributed by atoms with Crippen LogP contribution in [0.25, 0.3) is 0 Å². The van der Waals surface area contributed by atoms with Gasteiger partial charge in [0.25, 0.3) is 15.9 Å². The van der Waals surface area contributed by atoms with Crippen molar-refractivity contribution >= 4 is 27.3 Å². The average molecular weight is 339 g/mol. The van der Waals surface area contributed by atoms with Gasteiger partial charge in [0.05, 0.1) is 16.9 Å². The van der Waals surface area contributed by atoms with E-state index in [0.29, 0.717) is 10.6 Å². The first kappa shape index (κ1) is 16.5. The summed E-state index contributed by atoms with van der Waals surface area (Å²) in [6.45, 7) is 3.91. The molecule has 0 unspecified atom stereocenters. The van der Waals surface area contributed by atoms with E-state index in [1.54, 1.807) is 17.5 Å². The first-order valence-electron chi connectivity index (χ1n) is 6.63. The van der Waals surface area contributed by atoms with E-state index in [1.165, 1.54) is 30.6 Å². The molecule has 0 bridgehead atoms. The van der Waals surface area contributed by atoms with Crippen molar-refractivity contribution in [2.45, 2.75) is 24.7 Å². The van der Waals surface area contributed by atoms with E-state index in [0.717, 1.165) is 5.56 Å². The smallest absolute Gasteiger partial charge is 0.275 e. The molecule has 0 fully saturated rings. The van der Waals surface area contributed by atoms with Crippen molar-refractivity contribution in [1.82, 2.24) is 4.72 Å². The second kappa shape index (κ2) is 6.50. The SMILES string of the molecule is COc1cccc(S(=O)(=O)NC(=O)c2sccc2C(C)C)c1. The van der Waals surface area contributed by atoms with Crippen LogP contribution in [0.15, 0.2) is 40.6 Å². The van der Waals surface area contributed by atoms with E-state index in [1.807, 2.05) is 19.9 Å². The Balaban J connectivity index is 2.28. The molecule has 0 atom stereocenters. The van der Waals surface area contributed by atoms with Gasteiger partial charge in [-0.3, -0.25) is 4.79 Å². The number of carbonyl (C=O) groups excluding carboxylic acids is 1. The van der Waals surface area contributed by atoms with Gasteiger partial charge in [-0.25, -0.2) is 13.1 Å². The molecule has 2 rings (SSSR count). The highest BCUT2D eigenvalue weighted by Crippen LogP contribution is 2.25. The minimum atomic E-state index is -3.93. The van der Waals surface area contributed by atoms with Crippen LogP contribution in [-0.4, -0.2) is 21.4 Å². The largest absolute Gasteiger partial charge is 0.497 e. The van der Waals surface area contributed by atoms with Crippen molar-refractivity contribution in [3.8, 4) is 5.75 Å². The summed E-state index contributed by atoms with van der Waals surface area (Å²) in [4.78, 5) is 12.7. The topological polar surface area (TPSA) is 72.5 Å². The quantitative estimate of drug-likeness (QED) is 0.909. The maximum absolute atomic E-state index is 12.3. The molecule has 0 aliphatic rings. The lowest BCUT2D eigenvalue weighted by molar-refractivity contribution is 0.0984. The lowest BCUT2D eigenvalue weighted by atomic mass is 10.0. The van der Waals surface area contributed by atoms with E-state index in [4.69, 9.17) is 4.74 Å². The van der Waals surface area contributed by atoms with Crippen molar-refractivity contribution < 1.29 is 17.9 Å². The van der Waals surface area contributed by atoms with Crippen LogP contribution in [0.4, 0.5) is 0 Å². The molecule has 0 spiro atoms. The van der Waals surface area contributed by atoms with Gasteiger partial charge >= 0.3 is 0 Å². The standard InChI is InChI=1S/C15H17NO4S2/c1-10(2)13-7-8-21-14(13)15(17)16-22(18,19)12-6-4-5-11(9-12)20-3/h4-10H,1-3H3,(H,16,17). The highest BCUT2D eigenvalue weighted by Gasteiger charge is 2.22. The van der Waals surface area contributed by atoms with Gasteiger partial charge in [0.15, 0.2) is 0 Å². The molecule has 0 radical (unpaired) electrons. The van der Waals surface area contributed by atoms with Crippen LogP contribution in [0.3, 0.4) is 0 Å². The highest BCUT2D eigenvalue weighted by atomic mass is 32.2. The molecule has 1 aromatic carbocycles. The number of amides is 1. The van der Waals surface area contributed by atoms with Gasteiger partial charge < -0.3 is 4.74 Å². The fourth-order valence-corrected chi connectivity index (χ4v) is 3.96. The molecule has 1 heterocycles. The average Bonchev–Trinajstić information content (AvgIpc) is 2.96. The second-order valence-electron chi connectivity index (χ2n) is 4.97. The zero-order valence-corrected chi connectivity index (χ0v) is 14.1. The predicted octanol–water partition coefficient (Wildman–Crippen LogP) is 3.00. The molecule has 2 aromatic rings. The van der Waals surface area contributed by atoms with Crippen LogP contribution in [0.5, 0.6) is 5.75 Å². The maximum atomic E-state index is 12.3. The first-order chi connectivity index (χ1) is 10.3. The summed E-state index contributed by atoms with van der Waals surface area (Å²) in [6.07, 6.45) is 0. The van der Waals surface area contributed by atoms with E-state index in [2.05, 4.69) is 4.72 Å². The number of benzene rings is 1. The molecular weight excluding hydrogens is 322 g/mol. The lowest BCUT2D eigenvalue weighted by Crippen LogP contribution is -2.30. The van der Waals surface area contributed by atoms with Crippen molar-refractivity contribution in [2.24, 2.45) is 0 Å². The third-order valence-electron chi connectivity index (χ3n) is 3.10. The molecule has 0 saturated heterocycles.